The number of hydrogen-bond donors (Lipinski definition) is 0. The maximum absolute atomic E-state index is 12.1. The zero-order valence-corrected chi connectivity index (χ0v) is 9.06. The highest BCUT2D eigenvalue weighted by atomic mass is 16.1. The van der Waals surface area contributed by atoms with Crippen LogP contribution in [-0.2, 0) is 4.79 Å². The van der Waals surface area contributed by atoms with Crippen molar-refractivity contribution in [3.63, 3.8) is 0 Å². The summed E-state index contributed by atoms with van der Waals surface area (Å²) in [6.07, 6.45) is 14.8. The number of allylic oxidation sites excluding steroid dienone is 4. The van der Waals surface area contributed by atoms with Crippen molar-refractivity contribution in [2.45, 2.75) is 32.1 Å². The van der Waals surface area contributed by atoms with Crippen LogP contribution in [0.3, 0.4) is 0 Å². The van der Waals surface area contributed by atoms with E-state index in [1.165, 1.54) is 25.7 Å². The molecule has 0 aliphatic heterocycles. The number of fused-ring (bicyclic) bond motifs is 1. The summed E-state index contributed by atoms with van der Waals surface area (Å²) in [5.74, 6) is 2.64. The van der Waals surface area contributed by atoms with Crippen LogP contribution in [0.2, 0.25) is 0 Å². The molecule has 4 rings (SSSR count). The minimum atomic E-state index is 0.324. The molecule has 0 aromatic rings. The first kappa shape index (κ1) is 9.38. The second-order valence-corrected chi connectivity index (χ2v) is 5.22. The third-order valence-electron chi connectivity index (χ3n) is 4.43. The molecule has 4 aliphatic rings. The molecule has 0 heterocycles. The third-order valence-corrected chi connectivity index (χ3v) is 4.43. The van der Waals surface area contributed by atoms with Crippen LogP contribution in [-0.4, -0.2) is 5.78 Å². The molecule has 1 heteroatoms. The fourth-order valence-electron chi connectivity index (χ4n) is 3.70. The molecule has 0 radical (unpaired) electrons. The Morgan fingerprint density at radius 1 is 1.07 bits per heavy atom. The molecular formula is C14H18O. The lowest BCUT2D eigenvalue weighted by atomic mass is 9.59. The lowest BCUT2D eigenvalue weighted by Gasteiger charge is -2.44. The van der Waals surface area contributed by atoms with Crippen molar-refractivity contribution in [1.29, 1.82) is 0 Å². The van der Waals surface area contributed by atoms with Crippen molar-refractivity contribution in [2.24, 2.45) is 23.7 Å². The van der Waals surface area contributed by atoms with Crippen LogP contribution in [0.4, 0.5) is 0 Å². The maximum Gasteiger partial charge on any atom is 0.159 e. The Hall–Kier alpha value is -0.850. The fraction of sp³-hybridized carbons (Fsp3) is 0.643. The Bertz CT molecular complexity index is 326. The van der Waals surface area contributed by atoms with Crippen molar-refractivity contribution in [3.8, 4) is 0 Å². The van der Waals surface area contributed by atoms with E-state index in [1.54, 1.807) is 0 Å². The summed E-state index contributed by atoms with van der Waals surface area (Å²) in [7, 11) is 0. The second kappa shape index (κ2) is 3.62. The minimum Gasteiger partial charge on any atom is -0.295 e. The molecule has 0 amide bonds. The van der Waals surface area contributed by atoms with Gasteiger partial charge in [-0.1, -0.05) is 18.2 Å². The Balaban J connectivity index is 1.95. The SMILES string of the molecule is O=C1/C=C\CCC[C@@H]2[C@H]1[C@@H]1C=C[C@H]2CC1. The number of carbonyl (C=O) groups is 1. The molecule has 0 aromatic heterocycles. The first-order valence-electron chi connectivity index (χ1n) is 6.25. The van der Waals surface area contributed by atoms with E-state index in [0.717, 1.165) is 6.42 Å². The molecule has 80 valence electrons. The number of hydrogen-bond acceptors (Lipinski definition) is 1. The van der Waals surface area contributed by atoms with Crippen molar-refractivity contribution < 1.29 is 4.79 Å². The zero-order chi connectivity index (χ0) is 10.3. The Labute approximate surface area is 91.2 Å². The Morgan fingerprint density at radius 2 is 1.87 bits per heavy atom. The van der Waals surface area contributed by atoms with Gasteiger partial charge in [0.2, 0.25) is 0 Å². The van der Waals surface area contributed by atoms with Crippen molar-refractivity contribution in [1.82, 2.24) is 0 Å². The molecule has 1 saturated carbocycles. The van der Waals surface area contributed by atoms with Crippen LogP contribution in [0.1, 0.15) is 32.1 Å². The van der Waals surface area contributed by atoms with Crippen LogP contribution in [0.15, 0.2) is 24.3 Å². The summed E-state index contributed by atoms with van der Waals surface area (Å²) in [4.78, 5) is 12.1. The monoisotopic (exact) mass is 202 g/mol. The maximum atomic E-state index is 12.1. The highest BCUT2D eigenvalue weighted by Crippen LogP contribution is 2.47. The van der Waals surface area contributed by atoms with Crippen molar-refractivity contribution >= 4 is 5.78 Å². The quantitative estimate of drug-likeness (QED) is 0.551. The van der Waals surface area contributed by atoms with E-state index in [9.17, 15) is 4.79 Å². The summed E-state index contributed by atoms with van der Waals surface area (Å²) in [5, 5.41) is 0. The van der Waals surface area contributed by atoms with Crippen LogP contribution >= 0.6 is 0 Å². The van der Waals surface area contributed by atoms with E-state index in [0.29, 0.717) is 29.5 Å². The zero-order valence-electron chi connectivity index (χ0n) is 9.06. The smallest absolute Gasteiger partial charge is 0.159 e. The number of carbonyl (C=O) groups excluding carboxylic acids is 1. The van der Waals surface area contributed by atoms with Gasteiger partial charge in [-0.25, -0.2) is 0 Å². The third kappa shape index (κ3) is 1.49. The molecule has 4 atom stereocenters. The molecule has 0 saturated heterocycles. The van der Waals surface area contributed by atoms with Gasteiger partial charge in [-0.05, 0) is 55.9 Å². The highest BCUT2D eigenvalue weighted by Gasteiger charge is 2.43. The van der Waals surface area contributed by atoms with Gasteiger partial charge in [-0.3, -0.25) is 4.79 Å². The summed E-state index contributed by atoms with van der Waals surface area (Å²) < 4.78 is 0. The summed E-state index contributed by atoms with van der Waals surface area (Å²) in [6.45, 7) is 0. The first-order valence-corrected chi connectivity index (χ1v) is 6.25. The molecular weight excluding hydrogens is 184 g/mol. The number of rotatable bonds is 0. The van der Waals surface area contributed by atoms with Gasteiger partial charge in [0.15, 0.2) is 5.78 Å². The van der Waals surface area contributed by atoms with Crippen LogP contribution in [0.5, 0.6) is 0 Å². The van der Waals surface area contributed by atoms with Gasteiger partial charge in [0.1, 0.15) is 0 Å². The molecule has 2 bridgehead atoms. The molecule has 1 fully saturated rings. The Morgan fingerprint density at radius 3 is 2.67 bits per heavy atom. The predicted molar refractivity (Wildman–Crippen MR) is 60.3 cm³/mol. The van der Waals surface area contributed by atoms with Gasteiger partial charge in [-0.15, -0.1) is 0 Å². The Kier molecular flexibility index (Phi) is 2.27. The number of ketones is 1. The average Bonchev–Trinajstić information content (AvgIpc) is 2.26. The summed E-state index contributed by atoms with van der Waals surface area (Å²) in [6, 6.07) is 0. The fourth-order valence-corrected chi connectivity index (χ4v) is 3.70. The van der Waals surface area contributed by atoms with E-state index in [1.807, 2.05) is 6.08 Å². The van der Waals surface area contributed by atoms with Gasteiger partial charge < -0.3 is 0 Å². The molecule has 1 nitrogen and oxygen atoms in total. The van der Waals surface area contributed by atoms with Crippen LogP contribution in [0.25, 0.3) is 0 Å². The molecule has 0 spiro atoms. The topological polar surface area (TPSA) is 17.1 Å². The lowest BCUT2D eigenvalue weighted by Crippen LogP contribution is -2.41. The largest absolute Gasteiger partial charge is 0.295 e. The van der Waals surface area contributed by atoms with Crippen LogP contribution < -0.4 is 0 Å². The second-order valence-electron chi connectivity index (χ2n) is 5.22. The summed E-state index contributed by atoms with van der Waals surface area (Å²) in [5.41, 5.74) is 0. The van der Waals surface area contributed by atoms with E-state index < -0.39 is 0 Å². The van der Waals surface area contributed by atoms with Gasteiger partial charge in [0.25, 0.3) is 0 Å². The van der Waals surface area contributed by atoms with E-state index in [4.69, 9.17) is 0 Å². The minimum absolute atomic E-state index is 0.324. The normalized spacial score (nSPS) is 45.7. The van der Waals surface area contributed by atoms with E-state index >= 15 is 0 Å². The highest BCUT2D eigenvalue weighted by molar-refractivity contribution is 5.92. The lowest BCUT2D eigenvalue weighted by molar-refractivity contribution is -0.123. The van der Waals surface area contributed by atoms with Crippen molar-refractivity contribution in [3.05, 3.63) is 24.3 Å². The van der Waals surface area contributed by atoms with Gasteiger partial charge in [0.05, 0.1) is 0 Å². The standard InChI is InChI=1S/C14H18O/c15-13-5-3-1-2-4-12-10-6-8-11(9-7-10)14(12)13/h3,5-6,8,10-12,14H,1-2,4,7,9H2/b5-3-/t10-,11+,12-,14+/m0/s1. The molecule has 0 N–H and O–H groups in total. The molecule has 15 heavy (non-hydrogen) atoms. The molecule has 4 aliphatic carbocycles. The first-order chi connectivity index (χ1) is 7.36. The van der Waals surface area contributed by atoms with Gasteiger partial charge >= 0.3 is 0 Å². The van der Waals surface area contributed by atoms with E-state index in [2.05, 4.69) is 18.2 Å². The van der Waals surface area contributed by atoms with E-state index in [-0.39, 0.29) is 0 Å². The molecule has 0 unspecified atom stereocenters. The van der Waals surface area contributed by atoms with Gasteiger partial charge in [-0.2, -0.15) is 0 Å². The van der Waals surface area contributed by atoms with Crippen LogP contribution in [0, 0.1) is 23.7 Å². The van der Waals surface area contributed by atoms with Crippen molar-refractivity contribution in [2.75, 3.05) is 0 Å². The summed E-state index contributed by atoms with van der Waals surface area (Å²) >= 11 is 0. The predicted octanol–water partition coefficient (Wildman–Crippen LogP) is 3.12. The molecule has 0 aromatic carbocycles. The average molecular weight is 202 g/mol. The van der Waals surface area contributed by atoms with Gasteiger partial charge in [0, 0.05) is 5.92 Å².